The molecule has 2 N–H and O–H groups in total. The molecule has 4 nitrogen and oxygen atoms in total. The highest BCUT2D eigenvalue weighted by Crippen LogP contribution is 2.20. The lowest BCUT2D eigenvalue weighted by Crippen LogP contribution is -2.26. The highest BCUT2D eigenvalue weighted by molar-refractivity contribution is 5.25. The van der Waals surface area contributed by atoms with Crippen LogP contribution < -0.4 is 5.73 Å². The van der Waals surface area contributed by atoms with E-state index in [1.54, 1.807) is 0 Å². The molecule has 1 aromatic rings. The Balaban J connectivity index is 2.34. The monoisotopic (exact) mass is 167 g/mol. The Kier molecular flexibility index (Phi) is 1.86. The molecule has 0 atom stereocenters. The smallest absolute Gasteiger partial charge is 0.155 e. The number of nitrogens with zero attached hydrogens (tertiary/aromatic N) is 2. The number of fused-ring (bicyclic) bond motifs is 1. The zero-order valence-corrected chi connectivity index (χ0v) is 7.21. The van der Waals surface area contributed by atoms with Gasteiger partial charge in [0.1, 0.15) is 0 Å². The quantitative estimate of drug-likeness (QED) is 0.645. The third-order valence-electron chi connectivity index (χ3n) is 2.29. The first-order valence-corrected chi connectivity index (χ1v) is 4.16. The van der Waals surface area contributed by atoms with Crippen LogP contribution in [-0.4, -0.2) is 23.6 Å². The fraction of sp³-hybridized carbons (Fsp3) is 0.625. The highest BCUT2D eigenvalue weighted by atomic mass is 16.5. The first-order chi connectivity index (χ1) is 5.81. The van der Waals surface area contributed by atoms with Gasteiger partial charge in [0.25, 0.3) is 0 Å². The van der Waals surface area contributed by atoms with Crippen LogP contribution in [0, 0.1) is 0 Å². The second-order valence-electron chi connectivity index (χ2n) is 3.22. The number of hydrogen-bond acceptors (Lipinski definition) is 4. The van der Waals surface area contributed by atoms with Gasteiger partial charge in [-0.2, -0.15) is 0 Å². The average molecular weight is 167 g/mol. The first kappa shape index (κ1) is 7.76. The van der Waals surface area contributed by atoms with Crippen LogP contribution in [0.15, 0.2) is 4.52 Å². The molecule has 0 aliphatic carbocycles. The molecule has 4 heteroatoms. The van der Waals surface area contributed by atoms with Gasteiger partial charge in [-0.05, 0) is 7.05 Å². The van der Waals surface area contributed by atoms with Crippen LogP contribution in [-0.2, 0) is 19.5 Å². The van der Waals surface area contributed by atoms with E-state index in [1.807, 2.05) is 0 Å². The van der Waals surface area contributed by atoms with Crippen molar-refractivity contribution < 1.29 is 4.52 Å². The molecule has 0 spiro atoms. The molecule has 0 saturated carbocycles. The topological polar surface area (TPSA) is 55.3 Å². The molecule has 0 fully saturated rings. The summed E-state index contributed by atoms with van der Waals surface area (Å²) in [5.41, 5.74) is 7.80. The molecule has 1 aromatic heterocycles. The van der Waals surface area contributed by atoms with Gasteiger partial charge in [-0.25, -0.2) is 0 Å². The van der Waals surface area contributed by atoms with Crippen molar-refractivity contribution in [1.82, 2.24) is 10.1 Å². The predicted molar refractivity (Wildman–Crippen MR) is 44.4 cm³/mol. The van der Waals surface area contributed by atoms with Gasteiger partial charge in [0.15, 0.2) is 5.76 Å². The summed E-state index contributed by atoms with van der Waals surface area (Å²) < 4.78 is 5.11. The second-order valence-corrected chi connectivity index (χ2v) is 3.22. The lowest BCUT2D eigenvalue weighted by molar-refractivity contribution is 0.310. The van der Waals surface area contributed by atoms with E-state index in [9.17, 15) is 0 Å². The number of hydrogen-bond donors (Lipinski definition) is 1. The Morgan fingerprint density at radius 3 is 3.25 bits per heavy atom. The van der Waals surface area contributed by atoms with Crippen LogP contribution >= 0.6 is 0 Å². The van der Waals surface area contributed by atoms with Crippen molar-refractivity contribution in [3.05, 3.63) is 17.0 Å². The van der Waals surface area contributed by atoms with Crippen LogP contribution in [0.1, 0.15) is 17.0 Å². The Morgan fingerprint density at radius 2 is 2.50 bits per heavy atom. The van der Waals surface area contributed by atoms with Crippen molar-refractivity contribution in [2.24, 2.45) is 5.73 Å². The summed E-state index contributed by atoms with van der Waals surface area (Å²) in [6.45, 7) is 2.44. The molecule has 12 heavy (non-hydrogen) atoms. The molecule has 66 valence electrons. The minimum absolute atomic E-state index is 0.455. The van der Waals surface area contributed by atoms with E-state index in [0.29, 0.717) is 6.54 Å². The number of aromatic nitrogens is 1. The van der Waals surface area contributed by atoms with E-state index < -0.39 is 0 Å². The molecule has 0 bridgehead atoms. The normalized spacial score (nSPS) is 17.8. The zero-order chi connectivity index (χ0) is 8.55. The summed E-state index contributed by atoms with van der Waals surface area (Å²) in [5, 5.41) is 3.98. The van der Waals surface area contributed by atoms with E-state index >= 15 is 0 Å². The van der Waals surface area contributed by atoms with Crippen molar-refractivity contribution in [2.45, 2.75) is 19.5 Å². The molecule has 1 aliphatic rings. The Bertz CT molecular complexity index is 268. The van der Waals surface area contributed by atoms with Crippen LogP contribution in [0.5, 0.6) is 0 Å². The second kappa shape index (κ2) is 2.88. The maximum absolute atomic E-state index is 5.51. The number of likely N-dealkylation sites (N-methyl/N-ethyl adjacent to an activating group) is 1. The van der Waals surface area contributed by atoms with Gasteiger partial charge in [-0.1, -0.05) is 5.16 Å². The summed E-state index contributed by atoms with van der Waals surface area (Å²) in [7, 11) is 2.09. The van der Waals surface area contributed by atoms with Crippen LogP contribution in [0.4, 0.5) is 0 Å². The maximum Gasteiger partial charge on any atom is 0.155 e. The van der Waals surface area contributed by atoms with Gasteiger partial charge in [-0.3, -0.25) is 0 Å². The molecule has 0 aromatic carbocycles. The largest absolute Gasteiger partial charge is 0.359 e. The van der Waals surface area contributed by atoms with E-state index in [4.69, 9.17) is 10.3 Å². The van der Waals surface area contributed by atoms with Gasteiger partial charge < -0.3 is 15.2 Å². The van der Waals surface area contributed by atoms with Crippen molar-refractivity contribution >= 4 is 0 Å². The third kappa shape index (κ3) is 1.13. The lowest BCUT2D eigenvalue weighted by atomic mass is 10.1. The van der Waals surface area contributed by atoms with Crippen LogP contribution in [0.3, 0.4) is 0 Å². The van der Waals surface area contributed by atoms with Gasteiger partial charge in [0, 0.05) is 25.1 Å². The van der Waals surface area contributed by atoms with E-state index in [0.717, 1.165) is 31.0 Å². The molecule has 0 radical (unpaired) electrons. The summed E-state index contributed by atoms with van der Waals surface area (Å²) in [6.07, 6.45) is 0.981. The van der Waals surface area contributed by atoms with Gasteiger partial charge in [0.2, 0.25) is 0 Å². The molecule has 0 saturated heterocycles. The van der Waals surface area contributed by atoms with Crippen molar-refractivity contribution in [3.63, 3.8) is 0 Å². The first-order valence-electron chi connectivity index (χ1n) is 4.16. The molecule has 2 heterocycles. The number of nitrogens with two attached hydrogens (primary N) is 1. The Morgan fingerprint density at radius 1 is 1.67 bits per heavy atom. The van der Waals surface area contributed by atoms with E-state index in [1.165, 1.54) is 5.56 Å². The van der Waals surface area contributed by atoms with Crippen molar-refractivity contribution in [3.8, 4) is 0 Å². The fourth-order valence-electron chi connectivity index (χ4n) is 1.56. The van der Waals surface area contributed by atoms with Crippen LogP contribution in [0.25, 0.3) is 0 Å². The zero-order valence-electron chi connectivity index (χ0n) is 7.21. The maximum atomic E-state index is 5.51. The van der Waals surface area contributed by atoms with Crippen LogP contribution in [0.2, 0.25) is 0 Å². The summed E-state index contributed by atoms with van der Waals surface area (Å²) in [5.74, 6) is 0.844. The van der Waals surface area contributed by atoms with Gasteiger partial charge in [0.05, 0.1) is 12.2 Å². The predicted octanol–water partition coefficient (Wildman–Crippen LogP) is 0.121. The SMILES string of the molecule is CN1CCc2noc(CN)c2C1. The summed E-state index contributed by atoms with van der Waals surface area (Å²) in [4.78, 5) is 2.25. The summed E-state index contributed by atoms with van der Waals surface area (Å²) in [6, 6.07) is 0. The van der Waals surface area contributed by atoms with Crippen molar-refractivity contribution in [1.29, 1.82) is 0 Å². The highest BCUT2D eigenvalue weighted by Gasteiger charge is 2.20. The Labute approximate surface area is 71.3 Å². The average Bonchev–Trinajstić information content (AvgIpc) is 2.46. The molecular weight excluding hydrogens is 154 g/mol. The van der Waals surface area contributed by atoms with Gasteiger partial charge in [-0.15, -0.1) is 0 Å². The Hall–Kier alpha value is -0.870. The molecule has 1 aliphatic heterocycles. The molecular formula is C8H13N3O. The van der Waals surface area contributed by atoms with E-state index in [-0.39, 0.29) is 0 Å². The lowest BCUT2D eigenvalue weighted by Gasteiger charge is -2.20. The third-order valence-corrected chi connectivity index (χ3v) is 2.29. The molecule has 0 unspecified atom stereocenters. The van der Waals surface area contributed by atoms with E-state index in [2.05, 4.69) is 17.1 Å². The number of rotatable bonds is 1. The summed E-state index contributed by atoms with van der Waals surface area (Å²) >= 11 is 0. The van der Waals surface area contributed by atoms with Gasteiger partial charge >= 0.3 is 0 Å². The fourth-order valence-corrected chi connectivity index (χ4v) is 1.56. The minimum atomic E-state index is 0.455. The minimum Gasteiger partial charge on any atom is -0.359 e. The van der Waals surface area contributed by atoms with Crippen molar-refractivity contribution in [2.75, 3.05) is 13.6 Å². The molecule has 0 amide bonds. The molecule has 2 rings (SSSR count). The standard InChI is InChI=1S/C8H13N3O/c1-11-3-2-7-6(5-11)8(4-9)12-10-7/h2-5,9H2,1H3.